The Morgan fingerprint density at radius 1 is 1.36 bits per heavy atom. The summed E-state index contributed by atoms with van der Waals surface area (Å²) < 4.78 is 4.53. The maximum absolute atomic E-state index is 10.0. The first-order valence-electron chi connectivity index (χ1n) is 3.69. The molecule has 0 radical (unpaired) electrons. The number of unbranched alkanes of at least 4 members (excludes halogenated alkanes) is 3. The number of carbonyl (C=O) groups is 1. The maximum Gasteiger partial charge on any atom is 0.404 e. The lowest BCUT2D eigenvalue weighted by Gasteiger charge is -1.99. The number of hydrogen-bond donors (Lipinski definition) is 2. The largest absolute Gasteiger partial charge is 0.450 e. The zero-order valence-electron chi connectivity index (χ0n) is 7.14. The Bertz CT molecular complexity index is 96.4. The highest BCUT2D eigenvalue weighted by Crippen LogP contribution is 1.98. The molecule has 0 heterocycles. The van der Waals surface area contributed by atoms with Gasteiger partial charge in [0.25, 0.3) is 0 Å². The van der Waals surface area contributed by atoms with Crippen molar-refractivity contribution in [2.45, 2.75) is 32.6 Å². The van der Waals surface area contributed by atoms with Gasteiger partial charge in [-0.15, -0.1) is 0 Å². The lowest BCUT2D eigenvalue weighted by Crippen LogP contribution is -2.13. The van der Waals surface area contributed by atoms with Crippen molar-refractivity contribution in [1.29, 1.82) is 0 Å². The predicted molar refractivity (Wildman–Crippen MR) is 44.7 cm³/mol. The molecule has 0 aromatic rings. The van der Waals surface area contributed by atoms with E-state index < -0.39 is 6.09 Å². The fourth-order valence-electron chi connectivity index (χ4n) is 0.702. The summed E-state index contributed by atoms with van der Waals surface area (Å²) >= 11 is 0. The van der Waals surface area contributed by atoms with E-state index >= 15 is 0 Å². The molecule has 0 rings (SSSR count). The molecule has 0 saturated carbocycles. The molecule has 0 fully saturated rings. The summed E-state index contributed by atoms with van der Waals surface area (Å²) in [6.07, 6.45) is 3.76. The first-order valence-corrected chi connectivity index (χ1v) is 3.69. The number of hydrogen-bond acceptors (Lipinski definition) is 3. The third-order valence-electron chi connectivity index (χ3n) is 1.24. The number of amides is 1. The summed E-state index contributed by atoms with van der Waals surface area (Å²) in [6.45, 7) is 2.60. The van der Waals surface area contributed by atoms with Gasteiger partial charge < -0.3 is 16.6 Å². The van der Waals surface area contributed by atoms with Crippen molar-refractivity contribution in [1.82, 2.24) is 6.15 Å². The van der Waals surface area contributed by atoms with Crippen LogP contribution in [0, 0.1) is 0 Å². The molecule has 4 nitrogen and oxygen atoms in total. The van der Waals surface area contributed by atoms with Crippen LogP contribution in [0.4, 0.5) is 4.79 Å². The van der Waals surface area contributed by atoms with Crippen LogP contribution in [0.2, 0.25) is 0 Å². The highest BCUT2D eigenvalue weighted by atomic mass is 16.5. The Kier molecular flexibility index (Phi) is 10.8. The SMILES string of the molecule is CCCCCCOC(N)=O.N. The number of ether oxygens (including phenoxy) is 1. The molecule has 0 bridgehead atoms. The summed E-state index contributed by atoms with van der Waals surface area (Å²) in [4.78, 5) is 10.0. The van der Waals surface area contributed by atoms with Crippen molar-refractivity contribution >= 4 is 6.09 Å². The molecule has 0 atom stereocenters. The average molecular weight is 162 g/mol. The van der Waals surface area contributed by atoms with Gasteiger partial charge in [0.2, 0.25) is 0 Å². The molecule has 0 aliphatic carbocycles. The van der Waals surface area contributed by atoms with Crippen molar-refractivity contribution in [2.24, 2.45) is 5.73 Å². The van der Waals surface area contributed by atoms with Crippen molar-refractivity contribution in [3.05, 3.63) is 0 Å². The van der Waals surface area contributed by atoms with Gasteiger partial charge in [-0.2, -0.15) is 0 Å². The summed E-state index contributed by atoms with van der Waals surface area (Å²) in [7, 11) is 0. The van der Waals surface area contributed by atoms with E-state index in [-0.39, 0.29) is 6.15 Å². The van der Waals surface area contributed by atoms with Gasteiger partial charge in [0, 0.05) is 0 Å². The van der Waals surface area contributed by atoms with E-state index in [2.05, 4.69) is 11.7 Å². The van der Waals surface area contributed by atoms with Crippen LogP contribution in [0.15, 0.2) is 0 Å². The van der Waals surface area contributed by atoms with Crippen molar-refractivity contribution < 1.29 is 9.53 Å². The third-order valence-corrected chi connectivity index (χ3v) is 1.24. The Morgan fingerprint density at radius 3 is 2.45 bits per heavy atom. The molecule has 1 amide bonds. The monoisotopic (exact) mass is 162 g/mol. The minimum absolute atomic E-state index is 0. The van der Waals surface area contributed by atoms with Crippen molar-refractivity contribution in [3.63, 3.8) is 0 Å². The van der Waals surface area contributed by atoms with E-state index in [0.29, 0.717) is 6.61 Å². The van der Waals surface area contributed by atoms with E-state index in [1.165, 1.54) is 12.8 Å². The van der Waals surface area contributed by atoms with E-state index in [9.17, 15) is 4.79 Å². The Morgan fingerprint density at radius 2 is 2.00 bits per heavy atom. The summed E-state index contributed by atoms with van der Waals surface area (Å²) in [5.41, 5.74) is 4.75. The topological polar surface area (TPSA) is 87.3 Å². The molecule has 68 valence electrons. The smallest absolute Gasteiger partial charge is 0.404 e. The van der Waals surface area contributed by atoms with Crippen LogP contribution in [0.25, 0.3) is 0 Å². The summed E-state index contributed by atoms with van der Waals surface area (Å²) in [5, 5.41) is 0. The number of nitrogens with two attached hydrogens (primary N) is 1. The molecule has 0 aliphatic rings. The first-order chi connectivity index (χ1) is 4.77. The van der Waals surface area contributed by atoms with E-state index in [4.69, 9.17) is 5.73 Å². The Labute approximate surface area is 67.7 Å². The van der Waals surface area contributed by atoms with Gasteiger partial charge in [-0.25, -0.2) is 4.79 Å². The fraction of sp³-hybridized carbons (Fsp3) is 0.857. The van der Waals surface area contributed by atoms with Crippen LogP contribution in [0.3, 0.4) is 0 Å². The minimum atomic E-state index is -0.670. The normalized spacial score (nSPS) is 8.45. The first kappa shape index (κ1) is 12.9. The van der Waals surface area contributed by atoms with E-state index in [0.717, 1.165) is 12.8 Å². The molecule has 0 aliphatic heterocycles. The standard InChI is InChI=1S/C7H15NO2.H3N/c1-2-3-4-5-6-10-7(8)9;/h2-6H2,1H3,(H2,8,9);1H3. The van der Waals surface area contributed by atoms with E-state index in [1.807, 2.05) is 0 Å². The van der Waals surface area contributed by atoms with Gasteiger partial charge >= 0.3 is 6.09 Å². The van der Waals surface area contributed by atoms with Gasteiger partial charge in [0.1, 0.15) is 0 Å². The van der Waals surface area contributed by atoms with Gasteiger partial charge in [-0.05, 0) is 6.42 Å². The van der Waals surface area contributed by atoms with Crippen LogP contribution >= 0.6 is 0 Å². The van der Waals surface area contributed by atoms with Gasteiger partial charge in [-0.1, -0.05) is 26.2 Å². The zero-order chi connectivity index (χ0) is 7.82. The highest BCUT2D eigenvalue weighted by Gasteiger charge is 1.91. The second-order valence-electron chi connectivity index (χ2n) is 2.23. The van der Waals surface area contributed by atoms with E-state index in [1.54, 1.807) is 0 Å². The minimum Gasteiger partial charge on any atom is -0.450 e. The van der Waals surface area contributed by atoms with Gasteiger partial charge in [0.05, 0.1) is 6.61 Å². The summed E-state index contributed by atoms with van der Waals surface area (Å²) in [5.74, 6) is 0. The van der Waals surface area contributed by atoms with Crippen molar-refractivity contribution in [3.8, 4) is 0 Å². The quantitative estimate of drug-likeness (QED) is 0.604. The number of primary amides is 1. The molecule has 0 aromatic heterocycles. The second-order valence-corrected chi connectivity index (χ2v) is 2.23. The molecular formula is C7H18N2O2. The highest BCUT2D eigenvalue weighted by molar-refractivity contribution is 5.64. The third kappa shape index (κ3) is 12.4. The second kappa shape index (κ2) is 9.23. The molecule has 11 heavy (non-hydrogen) atoms. The Balaban J connectivity index is 0. The van der Waals surface area contributed by atoms with Crippen LogP contribution in [-0.4, -0.2) is 12.7 Å². The lowest BCUT2D eigenvalue weighted by molar-refractivity contribution is 0.154. The molecular weight excluding hydrogens is 144 g/mol. The van der Waals surface area contributed by atoms with Gasteiger partial charge in [0.15, 0.2) is 0 Å². The predicted octanol–water partition coefficient (Wildman–Crippen LogP) is 1.82. The lowest BCUT2D eigenvalue weighted by atomic mass is 10.2. The summed E-state index contributed by atoms with van der Waals surface area (Å²) in [6, 6.07) is 0. The molecule has 4 heteroatoms. The van der Waals surface area contributed by atoms with Crippen LogP contribution < -0.4 is 11.9 Å². The molecule has 0 unspecified atom stereocenters. The number of rotatable bonds is 5. The molecule has 5 N–H and O–H groups in total. The zero-order valence-corrected chi connectivity index (χ0v) is 7.14. The maximum atomic E-state index is 10.0. The molecule has 0 spiro atoms. The van der Waals surface area contributed by atoms with Crippen LogP contribution in [-0.2, 0) is 4.74 Å². The average Bonchev–Trinajstić information content (AvgIpc) is 1.87. The molecule has 0 aromatic carbocycles. The Hall–Kier alpha value is -0.770. The fourth-order valence-corrected chi connectivity index (χ4v) is 0.702. The van der Waals surface area contributed by atoms with Crippen LogP contribution in [0.5, 0.6) is 0 Å². The van der Waals surface area contributed by atoms with Gasteiger partial charge in [-0.3, -0.25) is 0 Å². The number of carbonyl (C=O) groups excluding carboxylic acids is 1. The van der Waals surface area contributed by atoms with Crippen LogP contribution in [0.1, 0.15) is 32.6 Å². The van der Waals surface area contributed by atoms with Crippen molar-refractivity contribution in [2.75, 3.05) is 6.61 Å². The molecule has 0 saturated heterocycles.